The lowest BCUT2D eigenvalue weighted by Gasteiger charge is -2.45. The molecule has 2 fully saturated rings. The zero-order valence-electron chi connectivity index (χ0n) is 15.9. The molecule has 2 nitrogen and oxygen atoms in total. The van der Waals surface area contributed by atoms with Crippen LogP contribution in [0.25, 0.3) is 0 Å². The number of nitrogens with zero attached hydrogens (tertiary/aromatic N) is 2. The first kappa shape index (κ1) is 17.3. The molecule has 2 heterocycles. The number of piperidine rings is 1. The molecule has 2 aliphatic heterocycles. The molecule has 2 bridgehead atoms. The summed E-state index contributed by atoms with van der Waals surface area (Å²) >= 11 is 0. The monoisotopic (exact) mass is 345 g/mol. The minimum Gasteiger partial charge on any atom is -0.324 e. The average Bonchev–Trinajstić information content (AvgIpc) is 2.85. The van der Waals surface area contributed by atoms with Crippen molar-refractivity contribution in [3.63, 3.8) is 0 Å². The van der Waals surface area contributed by atoms with Crippen molar-refractivity contribution in [2.45, 2.75) is 49.6 Å². The van der Waals surface area contributed by atoms with Crippen molar-refractivity contribution in [3.05, 3.63) is 71.8 Å². The van der Waals surface area contributed by atoms with Gasteiger partial charge in [0.05, 0.1) is 32.2 Å². The predicted octanol–water partition coefficient (Wildman–Crippen LogP) is 4.90. The fourth-order valence-corrected chi connectivity index (χ4v) is 5.62. The number of fused-ring (bicyclic) bond motifs is 2. The Labute approximate surface area is 157 Å². The third-order valence-electron chi connectivity index (χ3n) is 7.25. The molecule has 0 saturated carbocycles. The van der Waals surface area contributed by atoms with E-state index in [1.165, 1.54) is 30.2 Å². The highest BCUT2D eigenvalue weighted by Crippen LogP contribution is 2.47. The van der Waals surface area contributed by atoms with Crippen molar-refractivity contribution >= 4 is 0 Å². The van der Waals surface area contributed by atoms with Gasteiger partial charge in [-0.1, -0.05) is 60.7 Å². The van der Waals surface area contributed by atoms with Gasteiger partial charge in [0, 0.05) is 25.7 Å². The number of hydrogen-bond donors (Lipinski definition) is 0. The normalized spacial score (nSPS) is 27.0. The van der Waals surface area contributed by atoms with Crippen molar-refractivity contribution in [2.24, 2.45) is 5.92 Å². The molecule has 0 aliphatic carbocycles. The lowest BCUT2D eigenvalue weighted by atomic mass is 9.67. The second-order valence-electron chi connectivity index (χ2n) is 8.80. The molecule has 4 rings (SSSR count). The third kappa shape index (κ3) is 2.75. The van der Waals surface area contributed by atoms with Crippen LogP contribution in [0.1, 0.15) is 43.2 Å². The van der Waals surface area contributed by atoms with Gasteiger partial charge in [0.2, 0.25) is 0 Å². The van der Waals surface area contributed by atoms with E-state index in [1.54, 1.807) is 0 Å². The molecule has 2 saturated heterocycles. The van der Waals surface area contributed by atoms with Gasteiger partial charge in [0.15, 0.2) is 0 Å². The summed E-state index contributed by atoms with van der Waals surface area (Å²) in [5.41, 5.74) is 1.74. The Bertz CT molecular complexity index is 732. The van der Waals surface area contributed by atoms with E-state index in [2.05, 4.69) is 68.7 Å². The van der Waals surface area contributed by atoms with Gasteiger partial charge < -0.3 is 4.48 Å². The van der Waals surface area contributed by atoms with Gasteiger partial charge in [0.1, 0.15) is 5.41 Å². The van der Waals surface area contributed by atoms with Crippen LogP contribution < -0.4 is 0 Å². The van der Waals surface area contributed by atoms with Crippen molar-refractivity contribution in [1.29, 1.82) is 5.26 Å². The van der Waals surface area contributed by atoms with Gasteiger partial charge in [0.25, 0.3) is 0 Å². The first-order valence-corrected chi connectivity index (χ1v) is 9.92. The van der Waals surface area contributed by atoms with Gasteiger partial charge in [-0.2, -0.15) is 5.26 Å². The Balaban J connectivity index is 1.70. The Kier molecular flexibility index (Phi) is 4.37. The quantitative estimate of drug-likeness (QED) is 0.723. The van der Waals surface area contributed by atoms with Crippen molar-refractivity contribution < 1.29 is 4.48 Å². The van der Waals surface area contributed by atoms with E-state index in [0.29, 0.717) is 5.92 Å². The lowest BCUT2D eigenvalue weighted by Crippen LogP contribution is -2.55. The smallest absolute Gasteiger partial charge is 0.107 e. The fraction of sp³-hybridized carbons (Fsp3) is 0.458. The van der Waals surface area contributed by atoms with E-state index in [-0.39, 0.29) is 0 Å². The van der Waals surface area contributed by atoms with Crippen LogP contribution in [0.2, 0.25) is 0 Å². The highest BCUT2D eigenvalue weighted by molar-refractivity contribution is 5.45. The standard InChI is InChI=1S/C24H29N2/c1-26(2)22-13-14-23(26)16-19(15-22)17-24(18-25,20-9-5-3-6-10-20)21-11-7-4-8-12-21/h3-12,19,22-23H,13-17H2,1-2H3/q+1/t19?,22-,23+. The molecule has 134 valence electrons. The zero-order valence-corrected chi connectivity index (χ0v) is 15.9. The minimum atomic E-state index is -0.541. The Morgan fingerprint density at radius 2 is 1.35 bits per heavy atom. The molecule has 0 spiro atoms. The second-order valence-corrected chi connectivity index (χ2v) is 8.80. The summed E-state index contributed by atoms with van der Waals surface area (Å²) < 4.78 is 1.19. The molecule has 26 heavy (non-hydrogen) atoms. The molecule has 2 aromatic rings. The van der Waals surface area contributed by atoms with Gasteiger partial charge >= 0.3 is 0 Å². The van der Waals surface area contributed by atoms with Gasteiger partial charge in [-0.3, -0.25) is 0 Å². The summed E-state index contributed by atoms with van der Waals surface area (Å²) in [7, 11) is 4.81. The molecule has 2 aromatic carbocycles. The van der Waals surface area contributed by atoms with Crippen LogP contribution in [0.15, 0.2) is 60.7 Å². The summed E-state index contributed by atoms with van der Waals surface area (Å²) in [6.07, 6.45) is 6.15. The van der Waals surface area contributed by atoms with Crippen LogP contribution in [0.3, 0.4) is 0 Å². The number of nitriles is 1. The third-order valence-corrected chi connectivity index (χ3v) is 7.25. The summed E-state index contributed by atoms with van der Waals surface area (Å²) in [5, 5.41) is 10.4. The van der Waals surface area contributed by atoms with Crippen LogP contribution in [0.5, 0.6) is 0 Å². The molecule has 1 unspecified atom stereocenters. The summed E-state index contributed by atoms with van der Waals surface area (Å²) in [6.45, 7) is 0. The first-order chi connectivity index (χ1) is 12.6. The fourth-order valence-electron chi connectivity index (χ4n) is 5.62. The second kappa shape index (κ2) is 6.56. The SMILES string of the molecule is C[N+]1(C)[C@@H]2CC[C@H]1CC(CC(C#N)(c1ccccc1)c1ccccc1)C2. The van der Waals surface area contributed by atoms with Crippen LogP contribution >= 0.6 is 0 Å². The van der Waals surface area contributed by atoms with Crippen molar-refractivity contribution in [1.82, 2.24) is 0 Å². The van der Waals surface area contributed by atoms with E-state index in [0.717, 1.165) is 29.6 Å². The van der Waals surface area contributed by atoms with E-state index in [4.69, 9.17) is 0 Å². The maximum Gasteiger partial charge on any atom is 0.107 e. The Hall–Kier alpha value is -2.11. The van der Waals surface area contributed by atoms with Crippen molar-refractivity contribution in [2.75, 3.05) is 14.1 Å². The number of rotatable bonds is 4. The van der Waals surface area contributed by atoms with Gasteiger partial charge in [-0.25, -0.2) is 0 Å². The summed E-state index contributed by atoms with van der Waals surface area (Å²) in [6, 6.07) is 25.2. The van der Waals surface area contributed by atoms with E-state index in [9.17, 15) is 5.26 Å². The largest absolute Gasteiger partial charge is 0.324 e. The molecule has 2 aliphatic rings. The van der Waals surface area contributed by atoms with Gasteiger partial charge in [-0.05, 0) is 23.5 Å². The van der Waals surface area contributed by atoms with Crippen LogP contribution in [0.4, 0.5) is 0 Å². The molecule has 0 amide bonds. The maximum absolute atomic E-state index is 10.4. The lowest BCUT2D eigenvalue weighted by molar-refractivity contribution is -0.931. The van der Waals surface area contributed by atoms with E-state index < -0.39 is 5.41 Å². The molecule has 0 N–H and O–H groups in total. The molecular weight excluding hydrogens is 316 g/mol. The average molecular weight is 346 g/mol. The molecule has 0 aromatic heterocycles. The molecule has 3 atom stereocenters. The van der Waals surface area contributed by atoms with Gasteiger partial charge in [-0.15, -0.1) is 0 Å². The first-order valence-electron chi connectivity index (χ1n) is 9.92. The summed E-state index contributed by atoms with van der Waals surface area (Å²) in [5.74, 6) is 0.624. The Morgan fingerprint density at radius 3 is 1.77 bits per heavy atom. The van der Waals surface area contributed by atoms with Crippen molar-refractivity contribution in [3.8, 4) is 6.07 Å². The maximum atomic E-state index is 10.4. The highest BCUT2D eigenvalue weighted by atomic mass is 15.4. The topological polar surface area (TPSA) is 23.8 Å². The van der Waals surface area contributed by atoms with E-state index in [1.807, 2.05) is 12.1 Å². The Morgan fingerprint density at radius 1 is 0.885 bits per heavy atom. The number of hydrogen-bond acceptors (Lipinski definition) is 1. The van der Waals surface area contributed by atoms with Crippen LogP contribution in [-0.2, 0) is 5.41 Å². The summed E-state index contributed by atoms with van der Waals surface area (Å²) in [4.78, 5) is 0. The molecule has 2 heteroatoms. The van der Waals surface area contributed by atoms with Crippen LogP contribution in [-0.4, -0.2) is 30.7 Å². The van der Waals surface area contributed by atoms with Crippen LogP contribution in [0, 0.1) is 17.2 Å². The molecular formula is C24H29N2+. The molecule has 0 radical (unpaired) electrons. The van der Waals surface area contributed by atoms with E-state index >= 15 is 0 Å². The highest BCUT2D eigenvalue weighted by Gasteiger charge is 2.50. The predicted molar refractivity (Wildman–Crippen MR) is 106 cm³/mol. The minimum absolute atomic E-state index is 0.541. The number of quaternary nitrogens is 1. The number of benzene rings is 2. The zero-order chi connectivity index (χ0) is 18.2.